The highest BCUT2D eigenvalue weighted by Crippen LogP contribution is 2.53. The summed E-state index contributed by atoms with van der Waals surface area (Å²) < 4.78 is 0. The normalized spacial score (nSPS) is 29.3. The van der Waals surface area contributed by atoms with Gasteiger partial charge >= 0.3 is 0 Å². The number of nitrogens with zero attached hydrogens (tertiary/aromatic N) is 1. The van der Waals surface area contributed by atoms with Crippen molar-refractivity contribution >= 4 is 29.3 Å². The van der Waals surface area contributed by atoms with E-state index >= 15 is 0 Å². The maximum absolute atomic E-state index is 13.5. The number of amides is 4. The minimum absolute atomic E-state index is 0.119. The fourth-order valence-corrected chi connectivity index (χ4v) is 5.13. The molecule has 4 N–H and O–H groups in total. The number of primary amides is 1. The zero-order valence-electron chi connectivity index (χ0n) is 16.0. The molecular weight excluding hydrogens is 384 g/mol. The van der Waals surface area contributed by atoms with Gasteiger partial charge in [0.05, 0.1) is 18.4 Å². The number of fused-ring (bicyclic) bond motifs is 4. The van der Waals surface area contributed by atoms with E-state index in [0.29, 0.717) is 11.3 Å². The van der Waals surface area contributed by atoms with Gasteiger partial charge in [0.15, 0.2) is 0 Å². The Morgan fingerprint density at radius 2 is 1.70 bits per heavy atom. The summed E-state index contributed by atoms with van der Waals surface area (Å²) in [4.78, 5) is 52.9. The summed E-state index contributed by atoms with van der Waals surface area (Å²) in [6, 6.07) is 15.6. The molecule has 8 nitrogen and oxygen atoms in total. The molecule has 2 aromatic carbocycles. The smallest absolute Gasteiger partial charge is 0.250 e. The number of likely N-dealkylation sites (tertiary alicyclic amines) is 1. The zero-order chi connectivity index (χ0) is 21.0. The molecule has 0 radical (unpaired) electrons. The Kier molecular flexibility index (Phi) is 4.01. The molecule has 2 fully saturated rings. The first-order valence-corrected chi connectivity index (χ1v) is 9.79. The van der Waals surface area contributed by atoms with Crippen molar-refractivity contribution in [3.05, 3.63) is 65.7 Å². The van der Waals surface area contributed by atoms with Crippen LogP contribution < -0.4 is 16.4 Å². The van der Waals surface area contributed by atoms with Crippen LogP contribution >= 0.6 is 0 Å². The maximum atomic E-state index is 13.5. The number of imide groups is 1. The Balaban J connectivity index is 1.61. The van der Waals surface area contributed by atoms with E-state index in [9.17, 15) is 19.2 Å². The first-order valence-electron chi connectivity index (χ1n) is 9.79. The van der Waals surface area contributed by atoms with Crippen molar-refractivity contribution < 1.29 is 19.2 Å². The third-order valence-electron chi connectivity index (χ3n) is 6.32. The SMILES string of the molecule is NC(=O)C[C@H]1N[C@]2(C(=O)Nc3ccccc32)[C@H]2C(=O)N(Cc3ccccc3)C(=O)[C@@H]12. The third kappa shape index (κ3) is 2.43. The van der Waals surface area contributed by atoms with Crippen molar-refractivity contribution in [1.29, 1.82) is 0 Å². The van der Waals surface area contributed by atoms with E-state index in [2.05, 4.69) is 10.6 Å². The van der Waals surface area contributed by atoms with Gasteiger partial charge in [-0.15, -0.1) is 0 Å². The van der Waals surface area contributed by atoms with Crippen LogP contribution in [0.25, 0.3) is 0 Å². The highest BCUT2D eigenvalue weighted by molar-refractivity contribution is 6.15. The van der Waals surface area contributed by atoms with Crippen molar-refractivity contribution in [3.8, 4) is 0 Å². The summed E-state index contributed by atoms with van der Waals surface area (Å²) >= 11 is 0. The molecule has 3 heterocycles. The molecule has 0 unspecified atom stereocenters. The Morgan fingerprint density at radius 3 is 2.43 bits per heavy atom. The monoisotopic (exact) mass is 404 g/mol. The van der Waals surface area contributed by atoms with Gasteiger partial charge in [-0.3, -0.25) is 29.4 Å². The average molecular weight is 404 g/mol. The number of carbonyl (C=O) groups is 4. The number of para-hydroxylation sites is 1. The predicted molar refractivity (Wildman–Crippen MR) is 106 cm³/mol. The van der Waals surface area contributed by atoms with Gasteiger partial charge in [0.2, 0.25) is 23.6 Å². The lowest BCUT2D eigenvalue weighted by molar-refractivity contribution is -0.143. The second-order valence-corrected chi connectivity index (χ2v) is 7.98. The number of nitrogens with two attached hydrogens (primary N) is 1. The van der Waals surface area contributed by atoms with E-state index in [4.69, 9.17) is 5.73 Å². The number of hydrogen-bond acceptors (Lipinski definition) is 5. The topological polar surface area (TPSA) is 122 Å². The van der Waals surface area contributed by atoms with Gasteiger partial charge in [-0.2, -0.15) is 0 Å². The lowest BCUT2D eigenvalue weighted by atomic mass is 9.76. The molecule has 0 aromatic heterocycles. The van der Waals surface area contributed by atoms with E-state index in [1.54, 1.807) is 24.3 Å². The highest BCUT2D eigenvalue weighted by atomic mass is 16.2. The van der Waals surface area contributed by atoms with Crippen molar-refractivity contribution in [1.82, 2.24) is 10.2 Å². The van der Waals surface area contributed by atoms with E-state index in [-0.39, 0.29) is 18.9 Å². The van der Waals surface area contributed by atoms with Gasteiger partial charge in [-0.05, 0) is 11.6 Å². The largest absolute Gasteiger partial charge is 0.370 e. The number of hydrogen-bond donors (Lipinski definition) is 3. The lowest BCUT2D eigenvalue weighted by Gasteiger charge is -2.29. The van der Waals surface area contributed by atoms with E-state index in [1.165, 1.54) is 4.90 Å². The second kappa shape index (κ2) is 6.50. The van der Waals surface area contributed by atoms with Crippen LogP contribution in [0.15, 0.2) is 54.6 Å². The number of anilines is 1. The van der Waals surface area contributed by atoms with Crippen LogP contribution in [0.3, 0.4) is 0 Å². The van der Waals surface area contributed by atoms with E-state index < -0.39 is 41.1 Å². The molecule has 2 aromatic rings. The van der Waals surface area contributed by atoms with Gasteiger partial charge in [0.1, 0.15) is 5.54 Å². The van der Waals surface area contributed by atoms with Crippen molar-refractivity contribution in [2.75, 3.05) is 5.32 Å². The Labute approximate surface area is 172 Å². The van der Waals surface area contributed by atoms with Crippen LogP contribution in [0.5, 0.6) is 0 Å². The van der Waals surface area contributed by atoms with Crippen LogP contribution in [0.1, 0.15) is 17.5 Å². The lowest BCUT2D eigenvalue weighted by Crippen LogP contribution is -2.53. The van der Waals surface area contributed by atoms with Gasteiger partial charge in [-0.25, -0.2) is 0 Å². The minimum Gasteiger partial charge on any atom is -0.370 e. The van der Waals surface area contributed by atoms with Gasteiger partial charge < -0.3 is 11.1 Å². The first-order chi connectivity index (χ1) is 14.4. The molecule has 0 bridgehead atoms. The minimum atomic E-state index is -1.40. The van der Waals surface area contributed by atoms with Crippen molar-refractivity contribution in [3.63, 3.8) is 0 Å². The maximum Gasteiger partial charge on any atom is 0.250 e. The molecule has 2 saturated heterocycles. The van der Waals surface area contributed by atoms with Gasteiger partial charge in [-0.1, -0.05) is 48.5 Å². The van der Waals surface area contributed by atoms with Crippen LogP contribution in [0.2, 0.25) is 0 Å². The Bertz CT molecular complexity index is 1090. The third-order valence-corrected chi connectivity index (χ3v) is 6.32. The molecule has 4 amide bonds. The van der Waals surface area contributed by atoms with Gasteiger partial charge in [0.25, 0.3) is 0 Å². The zero-order valence-corrected chi connectivity index (χ0v) is 16.0. The highest BCUT2D eigenvalue weighted by Gasteiger charge is 2.70. The molecule has 152 valence electrons. The summed E-state index contributed by atoms with van der Waals surface area (Å²) in [5, 5.41) is 5.99. The number of nitrogens with one attached hydrogen (secondary N) is 2. The van der Waals surface area contributed by atoms with Crippen LogP contribution in [-0.4, -0.2) is 34.6 Å². The number of carbonyl (C=O) groups excluding carboxylic acids is 4. The fraction of sp³-hybridized carbons (Fsp3) is 0.273. The second-order valence-electron chi connectivity index (χ2n) is 7.98. The van der Waals surface area contributed by atoms with Crippen LogP contribution in [-0.2, 0) is 31.3 Å². The van der Waals surface area contributed by atoms with Crippen LogP contribution in [0.4, 0.5) is 5.69 Å². The Hall–Kier alpha value is -3.52. The summed E-state index contributed by atoms with van der Waals surface area (Å²) in [6.07, 6.45) is -0.142. The average Bonchev–Trinajstić information content (AvgIpc) is 3.29. The molecule has 3 aliphatic rings. The molecule has 3 aliphatic heterocycles. The summed E-state index contributed by atoms with van der Waals surface area (Å²) in [7, 11) is 0. The molecule has 8 heteroatoms. The van der Waals surface area contributed by atoms with E-state index in [1.807, 2.05) is 30.3 Å². The number of benzene rings is 2. The molecule has 1 spiro atoms. The van der Waals surface area contributed by atoms with Gasteiger partial charge in [0, 0.05) is 23.7 Å². The molecular formula is C22H20N4O4. The summed E-state index contributed by atoms with van der Waals surface area (Å²) in [5.41, 5.74) is 6.03. The molecule has 0 saturated carbocycles. The standard InChI is InChI=1S/C22H20N4O4/c23-16(27)10-15-17-18(20(29)26(19(17)28)11-12-6-2-1-3-7-12)22(25-15)13-8-4-5-9-14(13)24-21(22)30/h1-9,15,17-18,25H,10-11H2,(H2,23,27)(H,24,30)/t15-,17+,18-,22+/m1/s1. The number of rotatable bonds is 4. The Morgan fingerprint density at radius 1 is 1.00 bits per heavy atom. The van der Waals surface area contributed by atoms with Crippen molar-refractivity contribution in [2.24, 2.45) is 17.6 Å². The fourth-order valence-electron chi connectivity index (χ4n) is 5.13. The molecule has 4 atom stereocenters. The summed E-state index contributed by atoms with van der Waals surface area (Å²) in [5.74, 6) is -3.58. The molecule has 0 aliphatic carbocycles. The quantitative estimate of drug-likeness (QED) is 0.640. The predicted octanol–water partition coefficient (Wildman–Crippen LogP) is 0.483. The van der Waals surface area contributed by atoms with Crippen molar-refractivity contribution in [2.45, 2.75) is 24.5 Å². The first kappa shape index (κ1) is 18.5. The summed E-state index contributed by atoms with van der Waals surface area (Å²) in [6.45, 7) is 0.119. The molecule has 30 heavy (non-hydrogen) atoms. The van der Waals surface area contributed by atoms with E-state index in [0.717, 1.165) is 5.56 Å². The van der Waals surface area contributed by atoms with Crippen LogP contribution in [0, 0.1) is 11.8 Å². The molecule has 5 rings (SSSR count).